The third kappa shape index (κ3) is 3.42. The number of anilines is 1. The van der Waals surface area contributed by atoms with Crippen LogP contribution in [0, 0.1) is 6.92 Å². The van der Waals surface area contributed by atoms with Crippen molar-refractivity contribution in [3.05, 3.63) is 41.7 Å². The molecule has 3 aromatic rings. The highest BCUT2D eigenvalue weighted by atomic mass is 16.2. The molecule has 0 aliphatic carbocycles. The molecular weight excluding hydrogens is 318 g/mol. The van der Waals surface area contributed by atoms with Gasteiger partial charge < -0.3 is 5.32 Å². The normalized spacial score (nSPS) is 11.6. The van der Waals surface area contributed by atoms with Gasteiger partial charge in [-0.05, 0) is 56.3 Å². The smallest absolute Gasteiger partial charge is 0.276 e. The third-order valence-corrected chi connectivity index (χ3v) is 3.75. The quantitative estimate of drug-likeness (QED) is 0.791. The average molecular weight is 339 g/mol. The van der Waals surface area contributed by atoms with Gasteiger partial charge in [0.25, 0.3) is 5.91 Å². The minimum Gasteiger partial charge on any atom is -0.321 e. The van der Waals surface area contributed by atoms with Gasteiger partial charge in [-0.2, -0.15) is 5.10 Å². The minimum absolute atomic E-state index is 0.180. The largest absolute Gasteiger partial charge is 0.321 e. The molecule has 0 bridgehead atoms. The maximum absolute atomic E-state index is 12.5. The Morgan fingerprint density at radius 3 is 2.56 bits per heavy atom. The summed E-state index contributed by atoms with van der Waals surface area (Å²) >= 11 is 0. The zero-order valence-electron chi connectivity index (χ0n) is 15.0. The number of rotatable bonds is 3. The van der Waals surface area contributed by atoms with Crippen molar-refractivity contribution < 1.29 is 4.79 Å². The molecule has 8 nitrogen and oxygen atoms in total. The maximum atomic E-state index is 12.5. The van der Waals surface area contributed by atoms with Crippen LogP contribution in [0.2, 0.25) is 0 Å². The summed E-state index contributed by atoms with van der Waals surface area (Å²) in [7, 11) is 1.77. The van der Waals surface area contributed by atoms with Gasteiger partial charge in [0.2, 0.25) is 0 Å². The van der Waals surface area contributed by atoms with Crippen LogP contribution in [0.3, 0.4) is 0 Å². The van der Waals surface area contributed by atoms with Gasteiger partial charge in [0, 0.05) is 24.0 Å². The molecule has 1 amide bonds. The first-order valence-corrected chi connectivity index (χ1v) is 7.97. The van der Waals surface area contributed by atoms with E-state index in [1.807, 2.05) is 56.6 Å². The molecule has 25 heavy (non-hydrogen) atoms. The van der Waals surface area contributed by atoms with Crippen LogP contribution >= 0.6 is 0 Å². The molecule has 0 saturated carbocycles. The number of hydrogen-bond donors (Lipinski definition) is 1. The minimum atomic E-state index is -0.251. The van der Waals surface area contributed by atoms with Crippen LogP contribution in [0.15, 0.2) is 30.3 Å². The number of hydrogen-bond acceptors (Lipinski definition) is 5. The molecule has 0 spiro atoms. The first-order chi connectivity index (χ1) is 11.8. The fourth-order valence-corrected chi connectivity index (χ4v) is 2.67. The van der Waals surface area contributed by atoms with Gasteiger partial charge in [0.05, 0.1) is 5.54 Å². The molecule has 2 heterocycles. The first kappa shape index (κ1) is 16.8. The lowest BCUT2D eigenvalue weighted by Crippen LogP contribution is -2.25. The summed E-state index contributed by atoms with van der Waals surface area (Å²) in [5.74, 6) is 0.378. The number of aromatic nitrogens is 6. The van der Waals surface area contributed by atoms with E-state index in [4.69, 9.17) is 0 Å². The molecule has 0 atom stereocenters. The van der Waals surface area contributed by atoms with E-state index in [-0.39, 0.29) is 11.4 Å². The van der Waals surface area contributed by atoms with Crippen molar-refractivity contribution in [3.63, 3.8) is 0 Å². The molecule has 130 valence electrons. The summed E-state index contributed by atoms with van der Waals surface area (Å²) in [5, 5.41) is 18.7. The van der Waals surface area contributed by atoms with Crippen LogP contribution in [0.1, 0.15) is 37.0 Å². The van der Waals surface area contributed by atoms with Crippen LogP contribution in [-0.2, 0) is 12.6 Å². The van der Waals surface area contributed by atoms with Crippen molar-refractivity contribution in [1.29, 1.82) is 0 Å². The summed E-state index contributed by atoms with van der Waals surface area (Å²) in [6.45, 7) is 8.09. The Morgan fingerprint density at radius 1 is 1.20 bits per heavy atom. The van der Waals surface area contributed by atoms with E-state index in [0.29, 0.717) is 17.2 Å². The predicted octanol–water partition coefficient (Wildman–Crippen LogP) is 2.39. The van der Waals surface area contributed by atoms with E-state index in [1.165, 1.54) is 0 Å². The molecule has 8 heteroatoms. The van der Waals surface area contributed by atoms with Gasteiger partial charge in [-0.3, -0.25) is 9.48 Å². The number of nitrogens with zero attached hydrogens (tertiary/aromatic N) is 6. The fraction of sp³-hybridized carbons (Fsp3) is 0.353. The van der Waals surface area contributed by atoms with E-state index in [0.717, 1.165) is 11.3 Å². The van der Waals surface area contributed by atoms with Gasteiger partial charge in [0.15, 0.2) is 11.5 Å². The number of benzene rings is 1. The summed E-state index contributed by atoms with van der Waals surface area (Å²) in [4.78, 5) is 12.5. The molecule has 2 aromatic heterocycles. The van der Waals surface area contributed by atoms with Crippen LogP contribution in [0.4, 0.5) is 5.69 Å². The molecule has 0 saturated heterocycles. The van der Waals surface area contributed by atoms with Crippen LogP contribution < -0.4 is 5.32 Å². The number of aryl methyl sites for hydroxylation is 2. The van der Waals surface area contributed by atoms with Crippen LogP contribution in [0.5, 0.6) is 0 Å². The Morgan fingerprint density at radius 2 is 1.96 bits per heavy atom. The van der Waals surface area contributed by atoms with Gasteiger partial charge >= 0.3 is 0 Å². The summed E-state index contributed by atoms with van der Waals surface area (Å²) in [6, 6.07) is 9.17. The SMILES string of the molecule is Cc1cc(C(=O)Nc2cccc(-c3nnnn3C)c2)nn1C(C)(C)C. The molecule has 1 N–H and O–H groups in total. The molecule has 1 aromatic carbocycles. The van der Waals surface area contributed by atoms with Crippen molar-refractivity contribution in [2.24, 2.45) is 7.05 Å². The molecule has 0 fully saturated rings. The summed E-state index contributed by atoms with van der Waals surface area (Å²) in [6.07, 6.45) is 0. The highest BCUT2D eigenvalue weighted by molar-refractivity contribution is 6.03. The molecule has 3 rings (SSSR count). The van der Waals surface area contributed by atoms with Crippen molar-refractivity contribution in [1.82, 2.24) is 30.0 Å². The molecule has 0 aliphatic heterocycles. The van der Waals surface area contributed by atoms with E-state index >= 15 is 0 Å². The lowest BCUT2D eigenvalue weighted by molar-refractivity contribution is 0.102. The number of carbonyl (C=O) groups is 1. The first-order valence-electron chi connectivity index (χ1n) is 7.97. The highest BCUT2D eigenvalue weighted by Crippen LogP contribution is 2.21. The van der Waals surface area contributed by atoms with Crippen LogP contribution in [-0.4, -0.2) is 35.9 Å². The number of nitrogens with one attached hydrogen (secondary N) is 1. The van der Waals surface area contributed by atoms with Crippen molar-refractivity contribution in [2.75, 3.05) is 5.32 Å². The standard InChI is InChI=1S/C17H21N7O/c1-11-9-14(20-24(11)17(2,3)4)16(25)18-13-8-6-7-12(10-13)15-19-21-22-23(15)5/h6-10H,1-5H3,(H,18,25). The monoisotopic (exact) mass is 339 g/mol. The summed E-state index contributed by atoms with van der Waals surface area (Å²) in [5.41, 5.74) is 2.63. The predicted molar refractivity (Wildman–Crippen MR) is 94.1 cm³/mol. The molecular formula is C17H21N7O. The Hall–Kier alpha value is -3.03. The van der Waals surface area contributed by atoms with Gasteiger partial charge in [-0.1, -0.05) is 12.1 Å². The zero-order valence-corrected chi connectivity index (χ0v) is 15.0. The maximum Gasteiger partial charge on any atom is 0.276 e. The van der Waals surface area contributed by atoms with Crippen molar-refractivity contribution in [2.45, 2.75) is 33.2 Å². The van der Waals surface area contributed by atoms with Gasteiger partial charge in [-0.15, -0.1) is 5.10 Å². The van der Waals surface area contributed by atoms with E-state index in [9.17, 15) is 4.79 Å². The Labute approximate surface area is 145 Å². The lowest BCUT2D eigenvalue weighted by Gasteiger charge is -2.21. The second-order valence-electron chi connectivity index (χ2n) is 6.91. The third-order valence-electron chi connectivity index (χ3n) is 3.75. The van der Waals surface area contributed by atoms with Crippen molar-refractivity contribution >= 4 is 11.6 Å². The van der Waals surface area contributed by atoms with Gasteiger partial charge in [0.1, 0.15) is 0 Å². The molecule has 0 aliphatic rings. The van der Waals surface area contributed by atoms with E-state index < -0.39 is 0 Å². The number of carbonyl (C=O) groups excluding carboxylic acids is 1. The molecule has 0 radical (unpaired) electrons. The Bertz CT molecular complexity index is 917. The van der Waals surface area contributed by atoms with E-state index in [2.05, 4.69) is 25.9 Å². The average Bonchev–Trinajstić information content (AvgIpc) is 3.13. The second kappa shape index (κ2) is 6.12. The number of amides is 1. The Balaban J connectivity index is 1.84. The topological polar surface area (TPSA) is 90.5 Å². The van der Waals surface area contributed by atoms with E-state index in [1.54, 1.807) is 17.8 Å². The zero-order chi connectivity index (χ0) is 18.2. The van der Waals surface area contributed by atoms with Crippen LogP contribution in [0.25, 0.3) is 11.4 Å². The fourth-order valence-electron chi connectivity index (χ4n) is 2.67. The Kier molecular flexibility index (Phi) is 4.12. The van der Waals surface area contributed by atoms with Gasteiger partial charge in [-0.25, -0.2) is 4.68 Å². The second-order valence-corrected chi connectivity index (χ2v) is 6.91. The van der Waals surface area contributed by atoms with Crippen molar-refractivity contribution in [3.8, 4) is 11.4 Å². The lowest BCUT2D eigenvalue weighted by atomic mass is 10.1. The highest BCUT2D eigenvalue weighted by Gasteiger charge is 2.20. The molecule has 0 unspecified atom stereocenters. The summed E-state index contributed by atoms with van der Waals surface area (Å²) < 4.78 is 3.43. The number of tetrazole rings is 1.